The maximum absolute atomic E-state index is 12.7. The van der Waals surface area contributed by atoms with Crippen LogP contribution < -0.4 is 15.8 Å². The number of nitrogens with zero attached hydrogens (tertiary/aromatic N) is 3. The van der Waals surface area contributed by atoms with E-state index in [9.17, 15) is 22.8 Å². The molecule has 0 unspecified atom stereocenters. The third-order valence-electron chi connectivity index (χ3n) is 5.34. The summed E-state index contributed by atoms with van der Waals surface area (Å²) in [6, 6.07) is 7.57. The van der Waals surface area contributed by atoms with E-state index in [-0.39, 0.29) is 17.3 Å². The van der Waals surface area contributed by atoms with Crippen LogP contribution in [0.2, 0.25) is 0 Å². The van der Waals surface area contributed by atoms with Gasteiger partial charge in [-0.25, -0.2) is 4.79 Å². The van der Waals surface area contributed by atoms with Crippen molar-refractivity contribution < 1.29 is 37.0 Å². The summed E-state index contributed by atoms with van der Waals surface area (Å²) < 4.78 is 52.8. The van der Waals surface area contributed by atoms with Gasteiger partial charge < -0.3 is 30.2 Å². The normalized spacial score (nSPS) is 17.9. The van der Waals surface area contributed by atoms with E-state index in [4.69, 9.17) is 15.2 Å². The number of carbonyl (C=O) groups excluding carboxylic acids is 2. The first-order valence-electron chi connectivity index (χ1n) is 11.0. The zero-order chi connectivity index (χ0) is 26.7. The number of carbonyl (C=O) groups is 2. The molecule has 2 heterocycles. The first-order chi connectivity index (χ1) is 16.7. The molecule has 3 rings (SSSR count). The highest BCUT2D eigenvalue weighted by atomic mass is 19.4. The Morgan fingerprint density at radius 1 is 1.14 bits per heavy atom. The Kier molecular flexibility index (Phi) is 7.62. The Morgan fingerprint density at radius 3 is 2.42 bits per heavy atom. The van der Waals surface area contributed by atoms with Crippen molar-refractivity contribution in [2.24, 2.45) is 5.73 Å². The minimum absolute atomic E-state index is 0.0157. The van der Waals surface area contributed by atoms with Crippen LogP contribution in [0.1, 0.15) is 38.4 Å². The molecule has 3 N–H and O–H groups in total. The molecule has 1 aromatic heterocycles. The maximum Gasteiger partial charge on any atom is 0.573 e. The number of nitrogens with two attached hydrogens (primary N) is 1. The van der Waals surface area contributed by atoms with Gasteiger partial charge in [0.25, 0.3) is 5.91 Å². The number of alkyl halides is 3. The standard InChI is InChI=1S/C23H28F3N5O5/c1-21(2,3)36-20(33)31-11-10-15(13-31)28-18-9-8-17(29-30-18)22(34-4,19(27)32)14-6-5-7-16(12-14)35-23(24,25)26/h5-9,12,15H,10-11,13H2,1-4H3,(H2,27,32)(H,28,30)/t15-,22-/m1/s1. The number of ether oxygens (including phenoxy) is 3. The van der Waals surface area contributed by atoms with E-state index < -0.39 is 35.3 Å². The third-order valence-corrected chi connectivity index (χ3v) is 5.34. The van der Waals surface area contributed by atoms with Crippen LogP contribution in [0.5, 0.6) is 5.75 Å². The van der Waals surface area contributed by atoms with Crippen molar-refractivity contribution in [3.63, 3.8) is 0 Å². The molecule has 2 atom stereocenters. The summed E-state index contributed by atoms with van der Waals surface area (Å²) in [7, 11) is 1.18. The first-order valence-corrected chi connectivity index (χ1v) is 11.0. The summed E-state index contributed by atoms with van der Waals surface area (Å²) >= 11 is 0. The minimum Gasteiger partial charge on any atom is -0.444 e. The SMILES string of the molecule is CO[C@](C(N)=O)(c1cccc(OC(F)(F)F)c1)c1ccc(N[C@@H]2CCN(C(=O)OC(C)(C)C)C2)nn1. The number of methoxy groups -OCH3 is 1. The summed E-state index contributed by atoms with van der Waals surface area (Å²) in [5.41, 5.74) is 2.96. The van der Waals surface area contributed by atoms with Gasteiger partial charge in [-0.1, -0.05) is 12.1 Å². The number of hydrogen-bond acceptors (Lipinski definition) is 8. The van der Waals surface area contributed by atoms with Crippen LogP contribution in [0.3, 0.4) is 0 Å². The number of halogens is 3. The van der Waals surface area contributed by atoms with E-state index >= 15 is 0 Å². The van der Waals surface area contributed by atoms with Gasteiger partial charge in [-0.05, 0) is 51.5 Å². The number of aromatic nitrogens is 2. The van der Waals surface area contributed by atoms with E-state index in [1.807, 2.05) is 0 Å². The van der Waals surface area contributed by atoms with Crippen molar-refractivity contribution >= 4 is 17.8 Å². The summed E-state index contributed by atoms with van der Waals surface area (Å²) in [5, 5.41) is 11.3. The van der Waals surface area contributed by atoms with E-state index in [1.54, 1.807) is 25.7 Å². The number of anilines is 1. The minimum atomic E-state index is -4.92. The van der Waals surface area contributed by atoms with Crippen LogP contribution in [0.25, 0.3) is 0 Å². The Bertz CT molecular complexity index is 1090. The Hall–Kier alpha value is -3.61. The van der Waals surface area contributed by atoms with Gasteiger partial charge in [-0.15, -0.1) is 23.4 Å². The fourth-order valence-corrected chi connectivity index (χ4v) is 3.83. The lowest BCUT2D eigenvalue weighted by atomic mass is 9.89. The number of benzene rings is 1. The first kappa shape index (κ1) is 27.0. The highest BCUT2D eigenvalue weighted by Gasteiger charge is 2.44. The molecule has 1 aliphatic heterocycles. The lowest BCUT2D eigenvalue weighted by Crippen LogP contribution is -2.45. The number of hydrogen-bond donors (Lipinski definition) is 2. The van der Waals surface area contributed by atoms with Crippen molar-refractivity contribution in [1.29, 1.82) is 0 Å². The van der Waals surface area contributed by atoms with Crippen molar-refractivity contribution in [3.8, 4) is 5.75 Å². The molecule has 0 radical (unpaired) electrons. The lowest BCUT2D eigenvalue weighted by Gasteiger charge is -2.29. The molecule has 2 amide bonds. The van der Waals surface area contributed by atoms with Gasteiger partial charge in [0.05, 0.1) is 0 Å². The molecular weight excluding hydrogens is 483 g/mol. The van der Waals surface area contributed by atoms with Crippen molar-refractivity contribution in [2.45, 2.75) is 50.8 Å². The average Bonchev–Trinajstić information content (AvgIpc) is 3.22. The smallest absolute Gasteiger partial charge is 0.444 e. The second-order valence-electron chi connectivity index (χ2n) is 9.19. The maximum atomic E-state index is 12.7. The zero-order valence-corrected chi connectivity index (χ0v) is 20.3. The largest absolute Gasteiger partial charge is 0.573 e. The van der Waals surface area contributed by atoms with Crippen LogP contribution >= 0.6 is 0 Å². The highest BCUT2D eigenvalue weighted by Crippen LogP contribution is 2.35. The summed E-state index contributed by atoms with van der Waals surface area (Å²) in [6.45, 7) is 6.27. The van der Waals surface area contributed by atoms with E-state index in [0.29, 0.717) is 25.3 Å². The summed E-state index contributed by atoms with van der Waals surface area (Å²) in [4.78, 5) is 26.4. The van der Waals surface area contributed by atoms with E-state index in [1.165, 1.54) is 31.4 Å². The Balaban J connectivity index is 1.78. The third kappa shape index (κ3) is 6.33. The molecule has 13 heteroatoms. The molecule has 0 bridgehead atoms. The predicted molar refractivity (Wildman–Crippen MR) is 122 cm³/mol. The Labute approximate surface area is 205 Å². The van der Waals surface area contributed by atoms with Crippen LogP contribution in [-0.2, 0) is 19.9 Å². The fraction of sp³-hybridized carbons (Fsp3) is 0.478. The van der Waals surface area contributed by atoms with Gasteiger partial charge in [0.15, 0.2) is 0 Å². The number of amides is 2. The van der Waals surface area contributed by atoms with Gasteiger partial charge >= 0.3 is 12.5 Å². The molecule has 0 aliphatic carbocycles. The quantitative estimate of drug-likeness (QED) is 0.580. The number of rotatable bonds is 7. The molecule has 1 aliphatic rings. The second-order valence-corrected chi connectivity index (χ2v) is 9.19. The molecule has 1 saturated heterocycles. The molecule has 10 nitrogen and oxygen atoms in total. The molecule has 0 saturated carbocycles. The van der Waals surface area contributed by atoms with Crippen LogP contribution in [0.4, 0.5) is 23.8 Å². The van der Waals surface area contributed by atoms with E-state index in [0.717, 1.165) is 12.1 Å². The highest BCUT2D eigenvalue weighted by molar-refractivity contribution is 5.88. The zero-order valence-electron chi connectivity index (χ0n) is 20.3. The van der Waals surface area contributed by atoms with Gasteiger partial charge in [0.1, 0.15) is 22.9 Å². The van der Waals surface area contributed by atoms with Crippen molar-refractivity contribution in [3.05, 3.63) is 47.7 Å². The van der Waals surface area contributed by atoms with E-state index in [2.05, 4.69) is 20.3 Å². The fourth-order valence-electron chi connectivity index (χ4n) is 3.83. The van der Waals surface area contributed by atoms with Crippen molar-refractivity contribution in [1.82, 2.24) is 15.1 Å². The summed E-state index contributed by atoms with van der Waals surface area (Å²) in [6.07, 6.45) is -4.68. The van der Waals surface area contributed by atoms with Crippen LogP contribution in [-0.4, -0.2) is 65.3 Å². The monoisotopic (exact) mass is 511 g/mol. The second kappa shape index (κ2) is 10.2. The van der Waals surface area contributed by atoms with Gasteiger partial charge in [-0.2, -0.15) is 0 Å². The topological polar surface area (TPSA) is 129 Å². The number of nitrogens with one attached hydrogen (secondary N) is 1. The average molecular weight is 512 g/mol. The van der Waals surface area contributed by atoms with Gasteiger partial charge in [-0.3, -0.25) is 4.79 Å². The predicted octanol–water partition coefficient (Wildman–Crippen LogP) is 3.17. The molecule has 1 aromatic carbocycles. The number of likely N-dealkylation sites (tertiary alicyclic amines) is 1. The van der Waals surface area contributed by atoms with Crippen LogP contribution in [0, 0.1) is 0 Å². The lowest BCUT2D eigenvalue weighted by molar-refractivity contribution is -0.274. The molecule has 0 spiro atoms. The molecule has 196 valence electrons. The summed E-state index contributed by atoms with van der Waals surface area (Å²) in [5.74, 6) is -1.20. The van der Waals surface area contributed by atoms with Gasteiger partial charge in [0, 0.05) is 31.8 Å². The molecular formula is C23H28F3N5O5. The number of primary amides is 1. The van der Waals surface area contributed by atoms with Crippen molar-refractivity contribution in [2.75, 3.05) is 25.5 Å². The molecule has 36 heavy (non-hydrogen) atoms. The molecule has 1 fully saturated rings. The van der Waals surface area contributed by atoms with Gasteiger partial charge in [0.2, 0.25) is 5.60 Å². The van der Waals surface area contributed by atoms with Crippen LogP contribution in [0.15, 0.2) is 36.4 Å². The molecule has 2 aromatic rings. The Morgan fingerprint density at radius 2 is 1.86 bits per heavy atom.